The maximum Gasteiger partial charge on any atom is 0.261 e. The summed E-state index contributed by atoms with van der Waals surface area (Å²) in [7, 11) is -0.417. The minimum atomic E-state index is -3.67. The van der Waals surface area contributed by atoms with Crippen molar-refractivity contribution in [1.82, 2.24) is 4.98 Å². The highest BCUT2D eigenvalue weighted by molar-refractivity contribution is 7.85. The molecule has 3 atom stereocenters. The van der Waals surface area contributed by atoms with Crippen LogP contribution in [-0.2, 0) is 10.1 Å². The zero-order valence-corrected chi connectivity index (χ0v) is 20.0. The summed E-state index contributed by atoms with van der Waals surface area (Å²) in [5, 5.41) is 10.3. The lowest BCUT2D eigenvalue weighted by Crippen LogP contribution is -2.34. The van der Waals surface area contributed by atoms with Crippen molar-refractivity contribution in [3.8, 4) is 17.4 Å². The van der Waals surface area contributed by atoms with Crippen LogP contribution in [0.4, 0.5) is 0 Å². The second-order valence-electron chi connectivity index (χ2n) is 7.96. The number of aliphatic hydroxyl groups excluding tert-OH is 1. The lowest BCUT2D eigenvalue weighted by Gasteiger charge is -2.37. The van der Waals surface area contributed by atoms with Gasteiger partial charge in [-0.05, 0) is 49.9 Å². The second-order valence-corrected chi connectivity index (χ2v) is 9.43. The van der Waals surface area contributed by atoms with Crippen molar-refractivity contribution in [2.24, 2.45) is 4.99 Å². The van der Waals surface area contributed by atoms with Crippen molar-refractivity contribution in [3.63, 3.8) is 0 Å². The fourth-order valence-electron chi connectivity index (χ4n) is 4.24. The molecule has 180 valence electrons. The Bertz CT molecular complexity index is 1090. The molecule has 33 heavy (non-hydrogen) atoms. The van der Waals surface area contributed by atoms with Gasteiger partial charge in [-0.15, -0.1) is 0 Å². The van der Waals surface area contributed by atoms with Crippen molar-refractivity contribution in [3.05, 3.63) is 47.2 Å². The average Bonchev–Trinajstić information content (AvgIpc) is 2.77. The third-order valence-electron chi connectivity index (χ3n) is 5.59. The summed E-state index contributed by atoms with van der Waals surface area (Å²) in [5.74, 6) is 2.17. The van der Waals surface area contributed by atoms with Crippen LogP contribution in [0.15, 0.2) is 35.5 Å². The summed E-state index contributed by atoms with van der Waals surface area (Å²) in [6.07, 6.45) is 4.59. The zero-order valence-electron chi connectivity index (χ0n) is 19.2. The third kappa shape index (κ3) is 6.21. The summed E-state index contributed by atoms with van der Waals surface area (Å²) in [6.45, 7) is 2.52. The van der Waals surface area contributed by atoms with Gasteiger partial charge in [0.05, 0.1) is 44.9 Å². The molecule has 0 spiro atoms. The van der Waals surface area contributed by atoms with Gasteiger partial charge in [0.1, 0.15) is 0 Å². The van der Waals surface area contributed by atoms with Gasteiger partial charge in [0.2, 0.25) is 5.88 Å². The Morgan fingerprint density at radius 3 is 2.42 bits per heavy atom. The Labute approximate surface area is 194 Å². The van der Waals surface area contributed by atoms with E-state index < -0.39 is 10.1 Å². The Balaban J connectivity index is 0.000000555. The maximum atomic E-state index is 10.3. The SMILES string of the molecule is CCOc1cc2c(cc1OC)C(c1ccc(OC)nc1)=N[C@@H]1CC[C@@H](O)C[C@H]21.CS(=O)(=O)O. The minimum absolute atomic E-state index is 0.149. The standard InChI is InChI=1S/C22H26N2O4.CH4O3S/c1-4-28-20-10-15-16-9-14(25)6-7-18(16)24-22(17(15)11-19(20)26-2)13-5-8-21(27-3)23-12-13;1-5(2,3)4/h5,8,10-12,14,16,18,25H,4,6-7,9H2,1-3H3;1H3,(H,2,3,4)/t14-,16-,18-;/m1./s1. The lowest BCUT2D eigenvalue weighted by molar-refractivity contribution is 0.111. The van der Waals surface area contributed by atoms with Crippen LogP contribution in [0.3, 0.4) is 0 Å². The molecule has 2 N–H and O–H groups in total. The van der Waals surface area contributed by atoms with Crippen LogP contribution in [0, 0.1) is 0 Å². The van der Waals surface area contributed by atoms with Crippen LogP contribution < -0.4 is 14.2 Å². The predicted octanol–water partition coefficient (Wildman–Crippen LogP) is 2.85. The number of ether oxygens (including phenoxy) is 3. The molecule has 1 saturated carbocycles. The predicted molar refractivity (Wildman–Crippen MR) is 124 cm³/mol. The molecule has 0 saturated heterocycles. The van der Waals surface area contributed by atoms with E-state index in [1.165, 1.54) is 0 Å². The topological polar surface area (TPSA) is 128 Å². The molecule has 4 rings (SSSR count). The van der Waals surface area contributed by atoms with Crippen LogP contribution in [0.25, 0.3) is 0 Å². The van der Waals surface area contributed by atoms with E-state index >= 15 is 0 Å². The van der Waals surface area contributed by atoms with Gasteiger partial charge in [-0.1, -0.05) is 0 Å². The number of aliphatic imine (C=N–C) groups is 1. The van der Waals surface area contributed by atoms with Crippen molar-refractivity contribution in [2.45, 2.75) is 44.2 Å². The molecule has 9 nitrogen and oxygen atoms in total. The quantitative estimate of drug-likeness (QED) is 0.628. The van der Waals surface area contributed by atoms with E-state index in [0.717, 1.165) is 41.0 Å². The van der Waals surface area contributed by atoms with E-state index in [2.05, 4.69) is 11.1 Å². The first-order chi connectivity index (χ1) is 15.6. The zero-order chi connectivity index (χ0) is 24.2. The third-order valence-corrected chi connectivity index (χ3v) is 5.59. The maximum absolute atomic E-state index is 10.3. The molecule has 1 aliphatic heterocycles. The number of nitrogens with zero attached hydrogens (tertiary/aromatic N) is 2. The number of methoxy groups -OCH3 is 2. The number of benzene rings is 1. The van der Waals surface area contributed by atoms with Crippen molar-refractivity contribution in [2.75, 3.05) is 27.1 Å². The Morgan fingerprint density at radius 1 is 1.12 bits per heavy atom. The smallest absolute Gasteiger partial charge is 0.261 e. The van der Waals surface area contributed by atoms with E-state index in [4.69, 9.17) is 23.8 Å². The lowest BCUT2D eigenvalue weighted by atomic mass is 9.74. The van der Waals surface area contributed by atoms with Gasteiger partial charge in [0, 0.05) is 29.3 Å². The fraction of sp³-hybridized carbons (Fsp3) is 0.478. The molecule has 0 unspecified atom stereocenters. The van der Waals surface area contributed by atoms with E-state index in [-0.39, 0.29) is 18.1 Å². The molecular formula is C23H30N2O7S. The summed E-state index contributed by atoms with van der Waals surface area (Å²) in [5.41, 5.74) is 4.03. The van der Waals surface area contributed by atoms with Crippen molar-refractivity contribution in [1.29, 1.82) is 0 Å². The van der Waals surface area contributed by atoms with Crippen molar-refractivity contribution < 1.29 is 32.3 Å². The summed E-state index contributed by atoms with van der Waals surface area (Å²) < 4.78 is 42.4. The molecular weight excluding hydrogens is 448 g/mol. The number of aromatic nitrogens is 1. The molecule has 1 fully saturated rings. The number of fused-ring (bicyclic) bond motifs is 3. The van der Waals surface area contributed by atoms with Gasteiger partial charge in [-0.3, -0.25) is 9.55 Å². The van der Waals surface area contributed by atoms with Gasteiger partial charge in [0.15, 0.2) is 11.5 Å². The second kappa shape index (κ2) is 10.5. The van der Waals surface area contributed by atoms with E-state index in [0.29, 0.717) is 30.9 Å². The fourth-order valence-corrected chi connectivity index (χ4v) is 4.24. The number of aliphatic hydroxyl groups is 1. The van der Waals surface area contributed by atoms with Crippen LogP contribution in [0.5, 0.6) is 17.4 Å². The molecule has 0 radical (unpaired) electrons. The average molecular weight is 479 g/mol. The largest absolute Gasteiger partial charge is 0.493 e. The molecule has 1 aromatic carbocycles. The summed E-state index contributed by atoms with van der Waals surface area (Å²) >= 11 is 0. The summed E-state index contributed by atoms with van der Waals surface area (Å²) in [4.78, 5) is 9.44. The number of hydrogen-bond donors (Lipinski definition) is 2. The van der Waals surface area contributed by atoms with Gasteiger partial charge in [-0.25, -0.2) is 4.98 Å². The Hall–Kier alpha value is -2.69. The highest BCUT2D eigenvalue weighted by Crippen LogP contribution is 2.44. The normalized spacial score (nSPS) is 21.5. The molecule has 1 aliphatic carbocycles. The van der Waals surface area contributed by atoms with Gasteiger partial charge in [0.25, 0.3) is 10.1 Å². The van der Waals surface area contributed by atoms with Crippen LogP contribution in [0.2, 0.25) is 0 Å². The first kappa shape index (κ1) is 24.9. The van der Waals surface area contributed by atoms with Gasteiger partial charge in [-0.2, -0.15) is 8.42 Å². The number of pyridine rings is 1. The molecule has 2 aromatic rings. The van der Waals surface area contributed by atoms with Crippen LogP contribution in [-0.4, -0.2) is 68.0 Å². The first-order valence-corrected chi connectivity index (χ1v) is 12.5. The van der Waals surface area contributed by atoms with Gasteiger partial charge < -0.3 is 19.3 Å². The van der Waals surface area contributed by atoms with Crippen LogP contribution >= 0.6 is 0 Å². The first-order valence-electron chi connectivity index (χ1n) is 10.7. The van der Waals surface area contributed by atoms with E-state index in [9.17, 15) is 13.5 Å². The Morgan fingerprint density at radius 2 is 1.85 bits per heavy atom. The molecule has 0 bridgehead atoms. The van der Waals surface area contributed by atoms with Crippen LogP contribution in [0.1, 0.15) is 48.8 Å². The minimum Gasteiger partial charge on any atom is -0.493 e. The highest BCUT2D eigenvalue weighted by atomic mass is 32.2. The molecule has 0 amide bonds. The molecule has 1 aromatic heterocycles. The highest BCUT2D eigenvalue weighted by Gasteiger charge is 2.37. The Kier molecular flexibility index (Phi) is 7.93. The van der Waals surface area contributed by atoms with E-state index in [1.54, 1.807) is 20.4 Å². The summed E-state index contributed by atoms with van der Waals surface area (Å²) in [6, 6.07) is 8.05. The molecule has 2 heterocycles. The van der Waals surface area contributed by atoms with E-state index in [1.807, 2.05) is 25.1 Å². The number of rotatable bonds is 5. The number of hydrogen-bond acceptors (Lipinski definition) is 8. The molecule has 10 heteroatoms. The molecule has 2 aliphatic rings. The monoisotopic (exact) mass is 478 g/mol. The van der Waals surface area contributed by atoms with Gasteiger partial charge >= 0.3 is 0 Å². The van der Waals surface area contributed by atoms with Crippen molar-refractivity contribution >= 4 is 15.8 Å².